The number of amides is 1. The number of hydrogen-bond acceptors (Lipinski definition) is 3. The quantitative estimate of drug-likeness (QED) is 0.900. The Morgan fingerprint density at radius 3 is 2.91 bits per heavy atom. The summed E-state index contributed by atoms with van der Waals surface area (Å²) in [6.45, 7) is 0.650. The van der Waals surface area contributed by atoms with Crippen molar-refractivity contribution in [2.75, 3.05) is 6.54 Å². The van der Waals surface area contributed by atoms with E-state index in [-0.39, 0.29) is 29.5 Å². The van der Waals surface area contributed by atoms with Crippen LogP contribution in [0.4, 0.5) is 13.2 Å². The molecule has 0 bridgehead atoms. The Labute approximate surface area is 126 Å². The van der Waals surface area contributed by atoms with Crippen molar-refractivity contribution in [1.29, 1.82) is 0 Å². The topological polar surface area (TPSA) is 54.0 Å². The molecule has 1 aromatic heterocycles. The highest BCUT2D eigenvalue weighted by Gasteiger charge is 2.47. The highest BCUT2D eigenvalue weighted by molar-refractivity contribution is 5.79. The molecule has 22 heavy (non-hydrogen) atoms. The number of hydrogen-bond donors (Lipinski definition) is 2. The van der Waals surface area contributed by atoms with Crippen LogP contribution >= 0.6 is 0 Å². The van der Waals surface area contributed by atoms with E-state index in [1.165, 1.54) is 12.1 Å². The summed E-state index contributed by atoms with van der Waals surface area (Å²) >= 11 is 0. The van der Waals surface area contributed by atoms with E-state index < -0.39 is 11.9 Å². The van der Waals surface area contributed by atoms with Crippen LogP contribution in [0.15, 0.2) is 18.3 Å². The summed E-state index contributed by atoms with van der Waals surface area (Å²) in [5.41, 5.74) is -0.816. The third kappa shape index (κ3) is 3.24. The number of alkyl halides is 3. The Bertz CT molecular complexity index is 569. The average molecular weight is 313 g/mol. The van der Waals surface area contributed by atoms with Gasteiger partial charge in [-0.3, -0.25) is 9.78 Å². The van der Waals surface area contributed by atoms with Crippen molar-refractivity contribution in [2.24, 2.45) is 5.92 Å². The summed E-state index contributed by atoms with van der Waals surface area (Å²) in [6.07, 6.45) is 0.270. The molecule has 1 aliphatic carbocycles. The summed E-state index contributed by atoms with van der Waals surface area (Å²) in [4.78, 5) is 15.6. The fraction of sp³-hybridized carbons (Fsp3) is 0.600. The van der Waals surface area contributed by atoms with Gasteiger partial charge in [0.05, 0.1) is 0 Å². The van der Waals surface area contributed by atoms with Gasteiger partial charge in [-0.25, -0.2) is 0 Å². The maximum atomic E-state index is 12.9. The van der Waals surface area contributed by atoms with Crippen molar-refractivity contribution in [3.05, 3.63) is 29.6 Å². The van der Waals surface area contributed by atoms with Crippen molar-refractivity contribution >= 4 is 5.91 Å². The molecule has 1 atom stereocenters. The van der Waals surface area contributed by atoms with Gasteiger partial charge in [-0.05, 0) is 38.3 Å². The molecule has 2 aliphatic rings. The average Bonchev–Trinajstić information content (AvgIpc) is 3.23. The van der Waals surface area contributed by atoms with E-state index in [0.717, 1.165) is 38.4 Å². The van der Waals surface area contributed by atoms with E-state index in [1.54, 1.807) is 0 Å². The van der Waals surface area contributed by atoms with Crippen LogP contribution in [0, 0.1) is 5.92 Å². The fourth-order valence-electron chi connectivity index (χ4n) is 3.08. The first-order valence-corrected chi connectivity index (χ1v) is 7.43. The first-order valence-electron chi connectivity index (χ1n) is 7.43. The van der Waals surface area contributed by atoms with E-state index in [0.29, 0.717) is 0 Å². The number of halogens is 3. The van der Waals surface area contributed by atoms with Crippen LogP contribution in [0.2, 0.25) is 0 Å². The van der Waals surface area contributed by atoms with E-state index in [4.69, 9.17) is 0 Å². The lowest BCUT2D eigenvalue weighted by molar-refractivity contribution is -0.142. The first kappa shape index (κ1) is 15.3. The summed E-state index contributed by atoms with van der Waals surface area (Å²) in [7, 11) is 0. The van der Waals surface area contributed by atoms with Crippen LogP contribution < -0.4 is 10.6 Å². The van der Waals surface area contributed by atoms with Gasteiger partial charge in [0.15, 0.2) is 0 Å². The third-order valence-electron chi connectivity index (χ3n) is 4.47. The Morgan fingerprint density at radius 1 is 1.45 bits per heavy atom. The summed E-state index contributed by atoms with van der Waals surface area (Å²) in [5, 5.41) is 6.06. The van der Waals surface area contributed by atoms with Crippen molar-refractivity contribution in [3.63, 3.8) is 0 Å². The van der Waals surface area contributed by atoms with Crippen LogP contribution in [0.25, 0.3) is 0 Å². The summed E-state index contributed by atoms with van der Waals surface area (Å²) < 4.78 is 38.6. The van der Waals surface area contributed by atoms with Crippen molar-refractivity contribution < 1.29 is 18.0 Å². The number of rotatable bonds is 3. The van der Waals surface area contributed by atoms with Crippen LogP contribution in [0.1, 0.15) is 36.9 Å². The molecule has 1 unspecified atom stereocenters. The SMILES string of the molecule is O=C(NCc1cccnc1C(F)(F)F)C1CCNC2(CC2)C1. The summed E-state index contributed by atoms with van der Waals surface area (Å²) in [5.74, 6) is -0.278. The number of aromatic nitrogens is 1. The molecular formula is C15H18F3N3O. The number of carbonyl (C=O) groups excluding carboxylic acids is 1. The van der Waals surface area contributed by atoms with Gasteiger partial charge >= 0.3 is 6.18 Å². The van der Waals surface area contributed by atoms with Crippen LogP contribution in [0.5, 0.6) is 0 Å². The van der Waals surface area contributed by atoms with Gasteiger partial charge in [0, 0.05) is 29.8 Å². The number of nitrogens with one attached hydrogen (secondary N) is 2. The Hall–Kier alpha value is -1.63. The van der Waals surface area contributed by atoms with Gasteiger partial charge in [-0.2, -0.15) is 13.2 Å². The third-order valence-corrected chi connectivity index (χ3v) is 4.47. The molecule has 1 spiro atoms. The molecule has 2 heterocycles. The normalized spacial score (nSPS) is 23.3. The molecule has 120 valence electrons. The largest absolute Gasteiger partial charge is 0.433 e. The van der Waals surface area contributed by atoms with E-state index in [1.807, 2.05) is 0 Å². The molecule has 1 saturated carbocycles. The van der Waals surface area contributed by atoms with Crippen LogP contribution in [0.3, 0.4) is 0 Å². The van der Waals surface area contributed by atoms with Gasteiger partial charge in [0.2, 0.25) is 5.91 Å². The second kappa shape index (κ2) is 5.53. The monoisotopic (exact) mass is 313 g/mol. The zero-order valence-corrected chi connectivity index (χ0v) is 12.0. The lowest BCUT2D eigenvalue weighted by atomic mass is 9.90. The minimum Gasteiger partial charge on any atom is -0.352 e. The van der Waals surface area contributed by atoms with Crippen molar-refractivity contribution in [2.45, 2.75) is 43.9 Å². The second-order valence-electron chi connectivity index (χ2n) is 6.12. The van der Waals surface area contributed by atoms with E-state index in [2.05, 4.69) is 15.6 Å². The summed E-state index contributed by atoms with van der Waals surface area (Å²) in [6, 6.07) is 2.79. The highest BCUT2D eigenvalue weighted by atomic mass is 19.4. The molecule has 2 N–H and O–H groups in total. The Kier molecular flexibility index (Phi) is 3.84. The number of piperidine rings is 1. The van der Waals surface area contributed by atoms with Gasteiger partial charge < -0.3 is 10.6 Å². The molecule has 3 rings (SSSR count). The standard InChI is InChI=1S/C15H18F3N3O/c16-15(17,18)12-11(2-1-6-19-12)9-20-13(22)10-3-7-21-14(8-10)4-5-14/h1-2,6,10,21H,3-5,7-9H2,(H,20,22). The Balaban J connectivity index is 1.62. The first-order chi connectivity index (χ1) is 10.4. The fourth-order valence-corrected chi connectivity index (χ4v) is 3.08. The molecule has 0 radical (unpaired) electrons. The van der Waals surface area contributed by atoms with Gasteiger partial charge in [-0.15, -0.1) is 0 Å². The minimum atomic E-state index is -4.51. The minimum absolute atomic E-state index is 0.00146. The maximum Gasteiger partial charge on any atom is 0.433 e. The zero-order chi connectivity index (χ0) is 15.8. The molecule has 0 aromatic carbocycles. The molecule has 1 aromatic rings. The van der Waals surface area contributed by atoms with Crippen LogP contribution in [-0.4, -0.2) is 23.0 Å². The predicted molar refractivity (Wildman–Crippen MR) is 73.8 cm³/mol. The van der Waals surface area contributed by atoms with Gasteiger partial charge in [0.25, 0.3) is 0 Å². The second-order valence-corrected chi connectivity index (χ2v) is 6.12. The van der Waals surface area contributed by atoms with Crippen LogP contribution in [-0.2, 0) is 17.5 Å². The molecule has 1 amide bonds. The smallest absolute Gasteiger partial charge is 0.352 e. The molecule has 7 heteroatoms. The lowest BCUT2D eigenvalue weighted by Crippen LogP contribution is -2.45. The van der Waals surface area contributed by atoms with Gasteiger partial charge in [-0.1, -0.05) is 6.07 Å². The predicted octanol–water partition coefficient (Wildman–Crippen LogP) is 2.25. The number of nitrogens with zero attached hydrogens (tertiary/aromatic N) is 1. The molecule has 1 saturated heterocycles. The number of carbonyl (C=O) groups is 1. The van der Waals surface area contributed by atoms with E-state index >= 15 is 0 Å². The van der Waals surface area contributed by atoms with E-state index in [9.17, 15) is 18.0 Å². The Morgan fingerprint density at radius 2 is 2.23 bits per heavy atom. The van der Waals surface area contributed by atoms with Crippen molar-refractivity contribution in [1.82, 2.24) is 15.6 Å². The van der Waals surface area contributed by atoms with Crippen molar-refractivity contribution in [3.8, 4) is 0 Å². The zero-order valence-electron chi connectivity index (χ0n) is 12.0. The van der Waals surface area contributed by atoms with Gasteiger partial charge in [0.1, 0.15) is 5.69 Å². The lowest BCUT2D eigenvalue weighted by Gasteiger charge is -2.29. The number of pyridine rings is 1. The molecular weight excluding hydrogens is 295 g/mol. The molecule has 2 fully saturated rings. The highest BCUT2D eigenvalue weighted by Crippen LogP contribution is 2.44. The molecule has 1 aliphatic heterocycles. The molecule has 4 nitrogen and oxygen atoms in total. The maximum absolute atomic E-state index is 12.9.